The lowest BCUT2D eigenvalue weighted by Crippen LogP contribution is -2.19. The Balaban J connectivity index is 2.21. The second-order valence-corrected chi connectivity index (χ2v) is 3.73. The van der Waals surface area contributed by atoms with Crippen molar-refractivity contribution in [2.75, 3.05) is 0 Å². The Morgan fingerprint density at radius 2 is 2.18 bits per heavy atom. The predicted octanol–water partition coefficient (Wildman–Crippen LogP) is 2.03. The van der Waals surface area contributed by atoms with E-state index in [9.17, 15) is 4.79 Å². The van der Waals surface area contributed by atoms with Crippen molar-refractivity contribution in [2.45, 2.75) is 19.8 Å². The molecule has 2 aliphatic rings. The van der Waals surface area contributed by atoms with E-state index in [1.54, 1.807) is 0 Å². The van der Waals surface area contributed by atoms with Gasteiger partial charge in [-0.3, -0.25) is 0 Å². The van der Waals surface area contributed by atoms with Gasteiger partial charge in [-0.2, -0.15) is 0 Å². The smallest absolute Gasteiger partial charge is 0.123 e. The van der Waals surface area contributed by atoms with Crippen LogP contribution in [0.5, 0.6) is 0 Å². The monoisotopic (exact) mass is 150 g/mol. The zero-order valence-corrected chi connectivity index (χ0v) is 6.86. The van der Waals surface area contributed by atoms with E-state index in [0.717, 1.165) is 12.3 Å². The van der Waals surface area contributed by atoms with Crippen LogP contribution in [0.1, 0.15) is 19.8 Å². The van der Waals surface area contributed by atoms with Gasteiger partial charge in [0.05, 0.1) is 0 Å². The second-order valence-electron chi connectivity index (χ2n) is 3.73. The minimum atomic E-state index is 0.343. The molecule has 0 aromatic heterocycles. The zero-order chi connectivity index (χ0) is 7.84. The zero-order valence-electron chi connectivity index (χ0n) is 6.86. The third kappa shape index (κ3) is 0.867. The molecule has 1 fully saturated rings. The van der Waals surface area contributed by atoms with Gasteiger partial charge in [0.1, 0.15) is 6.29 Å². The quantitative estimate of drug-likeness (QED) is 0.435. The van der Waals surface area contributed by atoms with Crippen LogP contribution in [0, 0.1) is 23.7 Å². The average Bonchev–Trinajstić information content (AvgIpc) is 2.60. The van der Waals surface area contributed by atoms with Gasteiger partial charge in [-0.25, -0.2) is 0 Å². The van der Waals surface area contributed by atoms with Gasteiger partial charge in [0.25, 0.3) is 0 Å². The van der Waals surface area contributed by atoms with Gasteiger partial charge in [-0.1, -0.05) is 25.5 Å². The maximum atomic E-state index is 10.7. The molecular formula is C10H14O. The molecule has 0 saturated heterocycles. The molecule has 1 saturated carbocycles. The number of carbonyl (C=O) groups is 1. The number of hydrogen-bond donors (Lipinski definition) is 0. The first kappa shape index (κ1) is 7.08. The molecule has 2 bridgehead atoms. The maximum Gasteiger partial charge on any atom is 0.123 e. The van der Waals surface area contributed by atoms with E-state index < -0.39 is 0 Å². The molecule has 2 rings (SSSR count). The molecule has 1 unspecified atom stereocenters. The summed E-state index contributed by atoms with van der Waals surface area (Å²) in [5.74, 6) is 2.31. The summed E-state index contributed by atoms with van der Waals surface area (Å²) in [7, 11) is 0. The fraction of sp³-hybridized carbons (Fsp3) is 0.700. The predicted molar refractivity (Wildman–Crippen MR) is 44.1 cm³/mol. The SMILES string of the molecule is CC[C@@H]1C2C=C[C@H](C2)[C@@H]1C=O. The van der Waals surface area contributed by atoms with Crippen molar-refractivity contribution < 1.29 is 4.79 Å². The van der Waals surface area contributed by atoms with Crippen molar-refractivity contribution in [3.05, 3.63) is 12.2 Å². The molecule has 0 spiro atoms. The van der Waals surface area contributed by atoms with Crippen LogP contribution in [-0.2, 0) is 4.79 Å². The number of aldehydes is 1. The minimum Gasteiger partial charge on any atom is -0.303 e. The Morgan fingerprint density at radius 3 is 2.73 bits per heavy atom. The first-order valence-corrected chi connectivity index (χ1v) is 4.50. The fourth-order valence-electron chi connectivity index (χ4n) is 2.74. The van der Waals surface area contributed by atoms with Crippen molar-refractivity contribution in [1.82, 2.24) is 0 Å². The van der Waals surface area contributed by atoms with Crippen LogP contribution in [0.2, 0.25) is 0 Å². The topological polar surface area (TPSA) is 17.1 Å². The van der Waals surface area contributed by atoms with Crippen molar-refractivity contribution in [3.63, 3.8) is 0 Å². The first-order chi connectivity index (χ1) is 5.36. The van der Waals surface area contributed by atoms with Crippen LogP contribution in [0.25, 0.3) is 0 Å². The summed E-state index contributed by atoms with van der Waals surface area (Å²) in [5.41, 5.74) is 0. The number of carbonyl (C=O) groups excluding carboxylic acids is 1. The molecule has 1 nitrogen and oxygen atoms in total. The Hall–Kier alpha value is -0.590. The average molecular weight is 150 g/mol. The molecule has 0 aliphatic heterocycles. The van der Waals surface area contributed by atoms with Crippen molar-refractivity contribution in [1.29, 1.82) is 0 Å². The van der Waals surface area contributed by atoms with E-state index in [0.29, 0.717) is 17.8 Å². The first-order valence-electron chi connectivity index (χ1n) is 4.50. The molecule has 60 valence electrons. The highest BCUT2D eigenvalue weighted by Crippen LogP contribution is 2.48. The van der Waals surface area contributed by atoms with Crippen LogP contribution in [0.3, 0.4) is 0 Å². The van der Waals surface area contributed by atoms with Crippen LogP contribution in [0.15, 0.2) is 12.2 Å². The molecule has 2 aliphatic carbocycles. The van der Waals surface area contributed by atoms with Gasteiger partial charge in [0, 0.05) is 5.92 Å². The van der Waals surface area contributed by atoms with E-state index in [2.05, 4.69) is 19.1 Å². The van der Waals surface area contributed by atoms with Gasteiger partial charge in [-0.05, 0) is 24.2 Å². The maximum absolute atomic E-state index is 10.7. The largest absolute Gasteiger partial charge is 0.303 e. The summed E-state index contributed by atoms with van der Waals surface area (Å²) < 4.78 is 0. The summed E-state index contributed by atoms with van der Waals surface area (Å²) in [4.78, 5) is 10.7. The Kier molecular flexibility index (Phi) is 1.59. The lowest BCUT2D eigenvalue weighted by Gasteiger charge is -2.21. The molecule has 4 atom stereocenters. The van der Waals surface area contributed by atoms with Gasteiger partial charge < -0.3 is 4.79 Å². The Bertz CT molecular complexity index is 195. The van der Waals surface area contributed by atoms with Gasteiger partial charge in [0.15, 0.2) is 0 Å². The van der Waals surface area contributed by atoms with Crippen LogP contribution >= 0.6 is 0 Å². The van der Waals surface area contributed by atoms with Crippen molar-refractivity contribution >= 4 is 6.29 Å². The lowest BCUT2D eigenvalue weighted by atomic mass is 9.82. The summed E-state index contributed by atoms with van der Waals surface area (Å²) in [6.45, 7) is 2.19. The second kappa shape index (κ2) is 2.47. The Morgan fingerprint density at radius 1 is 1.45 bits per heavy atom. The molecule has 0 radical (unpaired) electrons. The summed E-state index contributed by atoms with van der Waals surface area (Å²) >= 11 is 0. The highest BCUT2D eigenvalue weighted by Gasteiger charge is 2.42. The number of fused-ring (bicyclic) bond motifs is 2. The molecule has 11 heavy (non-hydrogen) atoms. The van der Waals surface area contributed by atoms with E-state index in [4.69, 9.17) is 0 Å². The van der Waals surface area contributed by atoms with E-state index in [1.807, 2.05) is 0 Å². The van der Waals surface area contributed by atoms with Gasteiger partial charge in [-0.15, -0.1) is 0 Å². The molecule has 0 N–H and O–H groups in total. The molecule has 0 aromatic rings. The number of allylic oxidation sites excluding steroid dienone is 2. The van der Waals surface area contributed by atoms with E-state index in [1.165, 1.54) is 12.7 Å². The summed E-state index contributed by atoms with van der Waals surface area (Å²) in [6, 6.07) is 0. The molecule has 1 heteroatoms. The normalized spacial score (nSPS) is 46.6. The van der Waals surface area contributed by atoms with Crippen molar-refractivity contribution in [3.8, 4) is 0 Å². The number of rotatable bonds is 2. The third-order valence-corrected chi connectivity index (χ3v) is 3.32. The molecular weight excluding hydrogens is 136 g/mol. The summed E-state index contributed by atoms with van der Waals surface area (Å²) in [6.07, 6.45) is 8.11. The van der Waals surface area contributed by atoms with E-state index >= 15 is 0 Å². The number of hydrogen-bond acceptors (Lipinski definition) is 1. The van der Waals surface area contributed by atoms with E-state index in [-0.39, 0.29) is 0 Å². The molecule has 0 aromatic carbocycles. The summed E-state index contributed by atoms with van der Waals surface area (Å²) in [5, 5.41) is 0. The third-order valence-electron chi connectivity index (χ3n) is 3.32. The van der Waals surface area contributed by atoms with Crippen LogP contribution in [0.4, 0.5) is 0 Å². The van der Waals surface area contributed by atoms with Gasteiger partial charge >= 0.3 is 0 Å². The highest BCUT2D eigenvalue weighted by atomic mass is 16.1. The van der Waals surface area contributed by atoms with Crippen LogP contribution < -0.4 is 0 Å². The highest BCUT2D eigenvalue weighted by molar-refractivity contribution is 5.57. The molecule has 0 amide bonds. The van der Waals surface area contributed by atoms with Crippen molar-refractivity contribution in [2.24, 2.45) is 23.7 Å². The Labute approximate surface area is 67.5 Å². The molecule has 0 heterocycles. The standard InChI is InChI=1S/C10H14O/c1-2-9-7-3-4-8(5-7)10(9)6-11/h3-4,6-10H,2,5H2,1H3/t7?,8-,9-,10+/m1/s1. The van der Waals surface area contributed by atoms with Crippen LogP contribution in [-0.4, -0.2) is 6.29 Å². The fourth-order valence-corrected chi connectivity index (χ4v) is 2.74. The van der Waals surface area contributed by atoms with Gasteiger partial charge in [0.2, 0.25) is 0 Å². The minimum absolute atomic E-state index is 0.343. The lowest BCUT2D eigenvalue weighted by molar-refractivity contribution is -0.113.